The lowest BCUT2D eigenvalue weighted by Crippen LogP contribution is -2.24. The number of benzene rings is 2. The maximum atomic E-state index is 12.3. The van der Waals surface area contributed by atoms with Gasteiger partial charge < -0.3 is 10.6 Å². The number of aromatic nitrogens is 2. The number of nitrogens with one attached hydrogen (secondary N) is 2. The fourth-order valence-corrected chi connectivity index (χ4v) is 2.36. The Hall–Kier alpha value is -3.54. The van der Waals surface area contributed by atoms with Crippen molar-refractivity contribution in [3.8, 4) is 0 Å². The Labute approximate surface area is 151 Å². The van der Waals surface area contributed by atoms with Crippen molar-refractivity contribution in [3.05, 3.63) is 83.7 Å². The van der Waals surface area contributed by atoms with Crippen molar-refractivity contribution < 1.29 is 9.59 Å². The summed E-state index contributed by atoms with van der Waals surface area (Å²) in [7, 11) is 0. The van der Waals surface area contributed by atoms with E-state index in [2.05, 4.69) is 20.6 Å². The van der Waals surface area contributed by atoms with Crippen LogP contribution in [0.3, 0.4) is 0 Å². The van der Waals surface area contributed by atoms with Gasteiger partial charge in [-0.15, -0.1) is 0 Å². The first-order valence-electron chi connectivity index (χ1n) is 8.15. The Balaban J connectivity index is 1.68. The Bertz CT molecular complexity index is 926. The van der Waals surface area contributed by atoms with Crippen LogP contribution >= 0.6 is 0 Å². The van der Waals surface area contributed by atoms with E-state index in [0.29, 0.717) is 17.8 Å². The highest BCUT2D eigenvalue weighted by atomic mass is 16.1. The van der Waals surface area contributed by atoms with Crippen LogP contribution in [0.25, 0.3) is 0 Å². The maximum Gasteiger partial charge on any atom is 0.270 e. The van der Waals surface area contributed by atoms with Crippen LogP contribution in [-0.2, 0) is 6.54 Å². The van der Waals surface area contributed by atoms with Gasteiger partial charge in [0.25, 0.3) is 5.91 Å². The van der Waals surface area contributed by atoms with E-state index in [4.69, 9.17) is 0 Å². The topological polar surface area (TPSA) is 84.0 Å². The lowest BCUT2D eigenvalue weighted by molar-refractivity contribution is 0.0945. The highest BCUT2D eigenvalue weighted by molar-refractivity contribution is 5.95. The molecule has 26 heavy (non-hydrogen) atoms. The number of hydrogen-bond donors (Lipinski definition) is 2. The number of hydrogen-bond acceptors (Lipinski definition) is 5. The number of rotatable bonds is 6. The van der Waals surface area contributed by atoms with E-state index in [0.717, 1.165) is 5.56 Å². The normalized spacial score (nSPS) is 10.2. The molecule has 0 saturated heterocycles. The van der Waals surface area contributed by atoms with Crippen molar-refractivity contribution in [2.24, 2.45) is 0 Å². The number of Topliss-reactive ketones (excluding diaryl/α,β-unsaturated/α-hetero) is 1. The van der Waals surface area contributed by atoms with Crippen LogP contribution in [-0.4, -0.2) is 21.7 Å². The molecule has 0 radical (unpaired) electrons. The van der Waals surface area contributed by atoms with Gasteiger partial charge >= 0.3 is 0 Å². The van der Waals surface area contributed by atoms with E-state index in [9.17, 15) is 9.59 Å². The van der Waals surface area contributed by atoms with Crippen LogP contribution in [0.15, 0.2) is 66.9 Å². The molecule has 0 spiro atoms. The summed E-state index contributed by atoms with van der Waals surface area (Å²) in [5, 5.41) is 5.84. The van der Waals surface area contributed by atoms with Crippen LogP contribution in [0, 0.1) is 0 Å². The Kier molecular flexibility index (Phi) is 5.34. The van der Waals surface area contributed by atoms with Gasteiger partial charge in [0, 0.05) is 24.0 Å². The Morgan fingerprint density at radius 2 is 1.81 bits per heavy atom. The second-order valence-corrected chi connectivity index (χ2v) is 5.70. The number of ketones is 1. The average Bonchev–Trinajstić information content (AvgIpc) is 2.67. The SMILES string of the molecule is CC(=O)c1cccc(Nc2nccc(C(=O)NCc3ccccc3)n2)c1. The van der Waals surface area contributed by atoms with Crippen molar-refractivity contribution in [1.29, 1.82) is 0 Å². The molecule has 0 aliphatic heterocycles. The van der Waals surface area contributed by atoms with Gasteiger partial charge in [-0.2, -0.15) is 0 Å². The number of amides is 1. The number of carbonyl (C=O) groups excluding carboxylic acids is 2. The molecule has 1 amide bonds. The van der Waals surface area contributed by atoms with Crippen molar-refractivity contribution in [1.82, 2.24) is 15.3 Å². The third kappa shape index (κ3) is 4.51. The summed E-state index contributed by atoms with van der Waals surface area (Å²) in [6.45, 7) is 1.93. The number of nitrogens with zero attached hydrogens (tertiary/aromatic N) is 2. The van der Waals surface area contributed by atoms with Crippen LogP contribution in [0.5, 0.6) is 0 Å². The molecule has 6 nitrogen and oxygen atoms in total. The zero-order chi connectivity index (χ0) is 18.4. The van der Waals surface area contributed by atoms with Crippen molar-refractivity contribution in [3.63, 3.8) is 0 Å². The predicted octanol–water partition coefficient (Wildman–Crippen LogP) is 3.35. The lowest BCUT2D eigenvalue weighted by Gasteiger charge is -2.08. The van der Waals surface area contributed by atoms with Crippen molar-refractivity contribution >= 4 is 23.3 Å². The zero-order valence-electron chi connectivity index (χ0n) is 14.3. The molecule has 3 aromatic rings. The fraction of sp³-hybridized carbons (Fsp3) is 0.100. The second kappa shape index (κ2) is 8.02. The molecular formula is C20H18N4O2. The molecule has 6 heteroatoms. The molecule has 0 bridgehead atoms. The van der Waals surface area contributed by atoms with Gasteiger partial charge in [-0.05, 0) is 30.7 Å². The molecule has 0 aliphatic rings. The quantitative estimate of drug-likeness (QED) is 0.669. The molecule has 0 saturated carbocycles. The third-order valence-corrected chi connectivity index (χ3v) is 3.71. The van der Waals surface area contributed by atoms with E-state index in [1.165, 1.54) is 13.1 Å². The van der Waals surface area contributed by atoms with Gasteiger partial charge in [0.05, 0.1) is 0 Å². The molecule has 0 unspecified atom stereocenters. The van der Waals surface area contributed by atoms with Gasteiger partial charge in [-0.3, -0.25) is 9.59 Å². The molecule has 0 aliphatic carbocycles. The summed E-state index contributed by atoms with van der Waals surface area (Å²) >= 11 is 0. The van der Waals surface area contributed by atoms with Gasteiger partial charge in [0.1, 0.15) is 5.69 Å². The molecule has 0 atom stereocenters. The fourth-order valence-electron chi connectivity index (χ4n) is 2.36. The molecule has 1 heterocycles. The van der Waals surface area contributed by atoms with Crippen LogP contribution in [0.4, 0.5) is 11.6 Å². The van der Waals surface area contributed by atoms with Crippen molar-refractivity contribution in [2.75, 3.05) is 5.32 Å². The lowest BCUT2D eigenvalue weighted by atomic mass is 10.1. The average molecular weight is 346 g/mol. The summed E-state index contributed by atoms with van der Waals surface area (Å²) in [6, 6.07) is 18.2. The Morgan fingerprint density at radius 1 is 1.00 bits per heavy atom. The zero-order valence-corrected chi connectivity index (χ0v) is 14.3. The van der Waals surface area contributed by atoms with Crippen LogP contribution in [0.2, 0.25) is 0 Å². The second-order valence-electron chi connectivity index (χ2n) is 5.70. The smallest absolute Gasteiger partial charge is 0.270 e. The first-order chi connectivity index (χ1) is 12.6. The molecule has 2 N–H and O–H groups in total. The largest absolute Gasteiger partial charge is 0.347 e. The predicted molar refractivity (Wildman–Crippen MR) is 99.4 cm³/mol. The van der Waals surface area contributed by atoms with Gasteiger partial charge in [-0.1, -0.05) is 42.5 Å². The summed E-state index contributed by atoms with van der Waals surface area (Å²) in [4.78, 5) is 32.1. The minimum absolute atomic E-state index is 0.0244. The first-order valence-corrected chi connectivity index (χ1v) is 8.15. The maximum absolute atomic E-state index is 12.3. The van der Waals surface area contributed by atoms with Gasteiger partial charge in [0.2, 0.25) is 5.95 Å². The van der Waals surface area contributed by atoms with E-state index in [-0.39, 0.29) is 23.3 Å². The van der Waals surface area contributed by atoms with Crippen LogP contribution in [0.1, 0.15) is 33.3 Å². The summed E-state index contributed by atoms with van der Waals surface area (Å²) in [6.07, 6.45) is 1.52. The van der Waals surface area contributed by atoms with E-state index >= 15 is 0 Å². The summed E-state index contributed by atoms with van der Waals surface area (Å²) in [5.41, 5.74) is 2.54. The summed E-state index contributed by atoms with van der Waals surface area (Å²) in [5.74, 6) is -0.0153. The summed E-state index contributed by atoms with van der Waals surface area (Å²) < 4.78 is 0. The van der Waals surface area contributed by atoms with E-state index in [1.807, 2.05) is 30.3 Å². The molecule has 130 valence electrons. The standard InChI is InChI=1S/C20H18N4O2/c1-14(25)16-8-5-9-17(12-16)23-20-21-11-10-18(24-20)19(26)22-13-15-6-3-2-4-7-15/h2-12H,13H2,1H3,(H,22,26)(H,21,23,24). The van der Waals surface area contributed by atoms with Gasteiger partial charge in [-0.25, -0.2) is 9.97 Å². The number of carbonyl (C=O) groups is 2. The molecule has 2 aromatic carbocycles. The molecule has 0 fully saturated rings. The van der Waals surface area contributed by atoms with Crippen molar-refractivity contribution in [2.45, 2.75) is 13.5 Å². The minimum atomic E-state index is -0.281. The minimum Gasteiger partial charge on any atom is -0.347 e. The molecule has 3 rings (SSSR count). The van der Waals surface area contributed by atoms with E-state index in [1.54, 1.807) is 30.3 Å². The Morgan fingerprint density at radius 3 is 2.58 bits per heavy atom. The monoisotopic (exact) mass is 346 g/mol. The highest BCUT2D eigenvalue weighted by Crippen LogP contribution is 2.15. The highest BCUT2D eigenvalue weighted by Gasteiger charge is 2.09. The number of anilines is 2. The van der Waals surface area contributed by atoms with E-state index < -0.39 is 0 Å². The van der Waals surface area contributed by atoms with Gasteiger partial charge in [0.15, 0.2) is 5.78 Å². The third-order valence-electron chi connectivity index (χ3n) is 3.71. The molecular weight excluding hydrogens is 328 g/mol. The van der Waals surface area contributed by atoms with Crippen LogP contribution < -0.4 is 10.6 Å². The first kappa shape index (κ1) is 17.3. The molecule has 1 aromatic heterocycles.